The molecule has 2 atom stereocenters. The summed E-state index contributed by atoms with van der Waals surface area (Å²) >= 11 is 0. The van der Waals surface area contributed by atoms with Gasteiger partial charge in [-0.1, -0.05) is 62.9 Å². The van der Waals surface area contributed by atoms with E-state index in [1.54, 1.807) is 12.1 Å². The van der Waals surface area contributed by atoms with Gasteiger partial charge in [-0.2, -0.15) is 0 Å². The Morgan fingerprint density at radius 3 is 2.33 bits per heavy atom. The monoisotopic (exact) mass is 463 g/mol. The summed E-state index contributed by atoms with van der Waals surface area (Å²) in [6.07, 6.45) is 4.34. The Hall–Kier alpha value is -3.10. The summed E-state index contributed by atoms with van der Waals surface area (Å²) in [6, 6.07) is 7.34. The average molecular weight is 464 g/mol. The Labute approximate surface area is 196 Å². The van der Waals surface area contributed by atoms with E-state index in [0.717, 1.165) is 42.6 Å². The third-order valence-corrected chi connectivity index (χ3v) is 5.19. The number of nitrogens with two attached hydrogens (primary N) is 1. The lowest BCUT2D eigenvalue weighted by Gasteiger charge is -2.30. The topological polar surface area (TPSA) is 128 Å². The van der Waals surface area contributed by atoms with Gasteiger partial charge in [0.2, 0.25) is 11.8 Å². The van der Waals surface area contributed by atoms with Crippen molar-refractivity contribution in [3.05, 3.63) is 35.9 Å². The summed E-state index contributed by atoms with van der Waals surface area (Å²) in [5.74, 6) is -1.51. The smallest absolute Gasteiger partial charge is 0.410 e. The number of primary amides is 1. The molecule has 0 aromatic heterocycles. The van der Waals surface area contributed by atoms with E-state index in [0.29, 0.717) is 6.42 Å². The molecule has 0 radical (unpaired) electrons. The molecule has 3 amide bonds. The number of nitrogens with zero attached hydrogens (tertiary/aromatic N) is 1. The number of rotatable bonds is 15. The maximum Gasteiger partial charge on any atom is 0.410 e. The number of esters is 1. The molecule has 1 aromatic carbocycles. The quantitative estimate of drug-likeness (QED) is 0.304. The molecule has 0 heterocycles. The molecule has 1 aromatic rings. The van der Waals surface area contributed by atoms with Crippen molar-refractivity contribution < 1.29 is 28.7 Å². The molecule has 9 nitrogen and oxygen atoms in total. The van der Waals surface area contributed by atoms with Crippen molar-refractivity contribution in [2.24, 2.45) is 5.73 Å². The van der Waals surface area contributed by atoms with E-state index >= 15 is 0 Å². The molecular formula is C24H37N3O6. The van der Waals surface area contributed by atoms with Crippen LogP contribution < -0.4 is 11.1 Å². The second-order valence-corrected chi connectivity index (χ2v) is 7.99. The van der Waals surface area contributed by atoms with Crippen molar-refractivity contribution in [3.63, 3.8) is 0 Å². The molecule has 184 valence electrons. The second kappa shape index (κ2) is 15.7. The number of carbonyl (C=O) groups excluding carboxylic acids is 4. The zero-order chi connectivity index (χ0) is 24.6. The Balaban J connectivity index is 2.84. The number of methoxy groups -OCH3 is 1. The first-order valence-electron chi connectivity index (χ1n) is 11.4. The predicted octanol–water partition coefficient (Wildman–Crippen LogP) is 2.91. The summed E-state index contributed by atoms with van der Waals surface area (Å²) < 4.78 is 10.1. The minimum absolute atomic E-state index is 0.00860. The number of carbonyl (C=O) groups is 4. The van der Waals surface area contributed by atoms with Crippen molar-refractivity contribution in [2.45, 2.75) is 77.5 Å². The fraction of sp³-hybridized carbons (Fsp3) is 0.583. The van der Waals surface area contributed by atoms with E-state index < -0.39 is 30.1 Å². The van der Waals surface area contributed by atoms with Crippen LogP contribution in [0.4, 0.5) is 4.79 Å². The first-order chi connectivity index (χ1) is 15.8. The third kappa shape index (κ3) is 11.4. The van der Waals surface area contributed by atoms with Gasteiger partial charge in [-0.15, -0.1) is 0 Å². The van der Waals surface area contributed by atoms with Crippen molar-refractivity contribution in [3.8, 4) is 0 Å². The van der Waals surface area contributed by atoms with Crippen LogP contribution in [0, 0.1) is 0 Å². The summed E-state index contributed by atoms with van der Waals surface area (Å²) in [4.78, 5) is 50.1. The van der Waals surface area contributed by atoms with E-state index in [1.807, 2.05) is 18.2 Å². The van der Waals surface area contributed by atoms with Crippen LogP contribution in [0.2, 0.25) is 0 Å². The number of amides is 3. The third-order valence-electron chi connectivity index (χ3n) is 5.19. The lowest BCUT2D eigenvalue weighted by Crippen LogP contribution is -2.52. The van der Waals surface area contributed by atoms with Crippen LogP contribution in [0.25, 0.3) is 0 Å². The van der Waals surface area contributed by atoms with Gasteiger partial charge in [-0.25, -0.2) is 9.59 Å². The van der Waals surface area contributed by atoms with Gasteiger partial charge in [-0.05, 0) is 18.9 Å². The van der Waals surface area contributed by atoms with E-state index in [2.05, 4.69) is 12.2 Å². The van der Waals surface area contributed by atoms with Crippen LogP contribution in [-0.2, 0) is 30.5 Å². The van der Waals surface area contributed by atoms with E-state index in [9.17, 15) is 19.2 Å². The Morgan fingerprint density at radius 2 is 1.73 bits per heavy atom. The van der Waals surface area contributed by atoms with Gasteiger partial charge in [0.05, 0.1) is 13.2 Å². The summed E-state index contributed by atoms with van der Waals surface area (Å²) in [6.45, 7) is 3.49. The highest BCUT2D eigenvalue weighted by molar-refractivity contribution is 5.82. The van der Waals surface area contributed by atoms with Crippen LogP contribution in [0.1, 0.15) is 64.4 Å². The second-order valence-electron chi connectivity index (χ2n) is 7.99. The zero-order valence-electron chi connectivity index (χ0n) is 19.9. The predicted molar refractivity (Wildman–Crippen MR) is 124 cm³/mol. The minimum atomic E-state index is -0.986. The molecule has 33 heavy (non-hydrogen) atoms. The molecule has 0 aliphatic heterocycles. The van der Waals surface area contributed by atoms with Crippen molar-refractivity contribution in [1.29, 1.82) is 0 Å². The number of nitrogens with one attached hydrogen (secondary N) is 1. The summed E-state index contributed by atoms with van der Waals surface area (Å²) in [5.41, 5.74) is 6.14. The van der Waals surface area contributed by atoms with Crippen molar-refractivity contribution in [1.82, 2.24) is 10.2 Å². The van der Waals surface area contributed by atoms with Crippen LogP contribution in [-0.4, -0.2) is 54.5 Å². The molecule has 0 saturated carbocycles. The van der Waals surface area contributed by atoms with E-state index in [1.165, 1.54) is 14.0 Å². The van der Waals surface area contributed by atoms with Gasteiger partial charge in [0.15, 0.2) is 0 Å². The highest BCUT2D eigenvalue weighted by Crippen LogP contribution is 2.11. The number of hydrogen-bond donors (Lipinski definition) is 2. The number of ether oxygens (including phenoxy) is 2. The molecule has 0 spiro atoms. The lowest BCUT2D eigenvalue weighted by atomic mass is 10.1. The molecule has 0 fully saturated rings. The molecule has 0 unspecified atom stereocenters. The fourth-order valence-electron chi connectivity index (χ4n) is 3.32. The standard InChI is InChI=1S/C24H37N3O6/c1-4-5-6-7-11-14-22(29)26-20(15-21(25)28)16-27(18(2)23(30)32-3)24(31)33-17-19-12-9-8-10-13-19/h8-10,12-13,18,20H,4-7,11,14-17H2,1-3H3,(H2,25,28)(H,26,29)/t18-,20+/m0/s1. The maximum absolute atomic E-state index is 12.8. The summed E-state index contributed by atoms with van der Waals surface area (Å²) in [7, 11) is 1.22. The number of benzene rings is 1. The van der Waals surface area contributed by atoms with Crippen LogP contribution in [0.5, 0.6) is 0 Å². The number of unbranched alkanes of at least 4 members (excludes halogenated alkanes) is 4. The molecular weight excluding hydrogens is 426 g/mol. The van der Waals surface area contributed by atoms with E-state index in [4.69, 9.17) is 15.2 Å². The van der Waals surface area contributed by atoms with E-state index in [-0.39, 0.29) is 25.5 Å². The number of hydrogen-bond acceptors (Lipinski definition) is 6. The highest BCUT2D eigenvalue weighted by atomic mass is 16.6. The van der Waals surface area contributed by atoms with Gasteiger partial charge in [0.1, 0.15) is 12.6 Å². The van der Waals surface area contributed by atoms with Gasteiger partial charge < -0.3 is 20.5 Å². The molecule has 9 heteroatoms. The molecule has 0 bridgehead atoms. The van der Waals surface area contributed by atoms with Crippen LogP contribution >= 0.6 is 0 Å². The first-order valence-corrected chi connectivity index (χ1v) is 11.4. The molecule has 3 N–H and O–H groups in total. The van der Waals surface area contributed by atoms with Crippen molar-refractivity contribution >= 4 is 23.9 Å². The molecule has 0 saturated heterocycles. The van der Waals surface area contributed by atoms with Crippen LogP contribution in [0.15, 0.2) is 30.3 Å². The maximum atomic E-state index is 12.8. The Bertz CT molecular complexity index is 756. The molecule has 0 aliphatic rings. The first kappa shape index (κ1) is 27.9. The van der Waals surface area contributed by atoms with Gasteiger partial charge >= 0.3 is 12.1 Å². The largest absolute Gasteiger partial charge is 0.467 e. The fourth-order valence-corrected chi connectivity index (χ4v) is 3.32. The molecule has 1 rings (SSSR count). The van der Waals surface area contributed by atoms with Gasteiger partial charge in [0, 0.05) is 19.4 Å². The highest BCUT2D eigenvalue weighted by Gasteiger charge is 2.31. The van der Waals surface area contributed by atoms with Crippen molar-refractivity contribution in [2.75, 3.05) is 13.7 Å². The Morgan fingerprint density at radius 1 is 1.06 bits per heavy atom. The lowest BCUT2D eigenvalue weighted by molar-refractivity contribution is -0.145. The average Bonchev–Trinajstić information content (AvgIpc) is 2.80. The zero-order valence-corrected chi connectivity index (χ0v) is 19.9. The van der Waals surface area contributed by atoms with Gasteiger partial charge in [-0.3, -0.25) is 14.5 Å². The Kier molecular flexibility index (Phi) is 13.3. The SMILES string of the molecule is CCCCCCCC(=O)N[C@H](CC(N)=O)CN(C(=O)OCc1ccccc1)[C@@H](C)C(=O)OC. The summed E-state index contributed by atoms with van der Waals surface area (Å²) in [5, 5.41) is 2.77. The van der Waals surface area contributed by atoms with Crippen LogP contribution in [0.3, 0.4) is 0 Å². The normalized spacial score (nSPS) is 12.3. The van der Waals surface area contributed by atoms with Gasteiger partial charge in [0.25, 0.3) is 0 Å². The molecule has 0 aliphatic carbocycles. The minimum Gasteiger partial charge on any atom is -0.467 e.